The van der Waals surface area contributed by atoms with E-state index in [4.69, 9.17) is 9.16 Å². The highest BCUT2D eigenvalue weighted by Gasteiger charge is 2.47. The molecule has 4 nitrogen and oxygen atoms in total. The SMILES string of the molecule is CCOC(=O)[C@@H](O)[C@@H](C)O[Si](C(C)C)(C(C)C)C(C)C. The molecule has 0 spiro atoms. The number of aliphatic hydroxyl groups excluding tert-OH is 1. The van der Waals surface area contributed by atoms with Crippen molar-refractivity contribution >= 4 is 14.3 Å². The molecule has 0 saturated heterocycles. The Morgan fingerprint density at radius 2 is 1.40 bits per heavy atom. The molecule has 2 atom stereocenters. The van der Waals surface area contributed by atoms with Gasteiger partial charge in [0, 0.05) is 0 Å². The zero-order valence-corrected chi connectivity index (χ0v) is 15.3. The van der Waals surface area contributed by atoms with Crippen LogP contribution in [0.2, 0.25) is 16.6 Å². The van der Waals surface area contributed by atoms with Crippen molar-refractivity contribution in [3.8, 4) is 0 Å². The molecular weight excluding hydrogens is 272 g/mol. The van der Waals surface area contributed by atoms with Crippen LogP contribution in [0, 0.1) is 0 Å². The van der Waals surface area contributed by atoms with E-state index in [-0.39, 0.29) is 6.61 Å². The van der Waals surface area contributed by atoms with Gasteiger partial charge in [0.2, 0.25) is 8.32 Å². The maximum Gasteiger partial charge on any atom is 0.337 e. The van der Waals surface area contributed by atoms with Gasteiger partial charge in [-0.05, 0) is 30.5 Å². The molecule has 0 unspecified atom stereocenters. The summed E-state index contributed by atoms with van der Waals surface area (Å²) in [6.07, 6.45) is -1.74. The zero-order valence-electron chi connectivity index (χ0n) is 14.3. The van der Waals surface area contributed by atoms with Gasteiger partial charge in [-0.3, -0.25) is 0 Å². The number of carbonyl (C=O) groups excluding carboxylic acids is 1. The van der Waals surface area contributed by atoms with Gasteiger partial charge in [-0.2, -0.15) is 0 Å². The third kappa shape index (κ3) is 4.30. The summed E-state index contributed by atoms with van der Waals surface area (Å²) in [7, 11) is -2.09. The second kappa shape index (κ2) is 8.15. The Hall–Kier alpha value is -0.393. The van der Waals surface area contributed by atoms with Crippen LogP contribution < -0.4 is 0 Å². The zero-order chi connectivity index (χ0) is 16.1. The largest absolute Gasteiger partial charge is 0.464 e. The van der Waals surface area contributed by atoms with Gasteiger partial charge in [-0.15, -0.1) is 0 Å². The van der Waals surface area contributed by atoms with E-state index in [1.165, 1.54) is 0 Å². The molecule has 0 aromatic rings. The third-order valence-corrected chi connectivity index (χ3v) is 10.3. The van der Waals surface area contributed by atoms with Crippen LogP contribution in [0.1, 0.15) is 55.4 Å². The first-order valence-corrected chi connectivity index (χ1v) is 9.77. The van der Waals surface area contributed by atoms with Crippen molar-refractivity contribution in [3.05, 3.63) is 0 Å². The minimum absolute atomic E-state index is 0.268. The molecule has 5 heteroatoms. The molecule has 0 radical (unpaired) electrons. The van der Waals surface area contributed by atoms with Crippen molar-refractivity contribution in [2.45, 2.75) is 84.2 Å². The summed E-state index contributed by atoms with van der Waals surface area (Å²) in [5.74, 6) is -0.598. The second-order valence-electron chi connectivity index (χ2n) is 6.34. The van der Waals surface area contributed by atoms with Crippen LogP contribution in [-0.4, -0.2) is 38.2 Å². The average Bonchev–Trinajstić information content (AvgIpc) is 2.33. The van der Waals surface area contributed by atoms with Crippen LogP contribution in [0.5, 0.6) is 0 Å². The van der Waals surface area contributed by atoms with Crippen molar-refractivity contribution in [1.29, 1.82) is 0 Å². The van der Waals surface area contributed by atoms with E-state index < -0.39 is 26.5 Å². The van der Waals surface area contributed by atoms with Crippen LogP contribution in [0.15, 0.2) is 0 Å². The normalized spacial score (nSPS) is 15.8. The molecule has 0 fully saturated rings. The summed E-state index contributed by atoms with van der Waals surface area (Å²) < 4.78 is 11.2. The van der Waals surface area contributed by atoms with E-state index in [0.29, 0.717) is 16.6 Å². The van der Waals surface area contributed by atoms with Gasteiger partial charge < -0.3 is 14.3 Å². The minimum atomic E-state index is -2.09. The third-order valence-electron chi connectivity index (χ3n) is 4.07. The van der Waals surface area contributed by atoms with Crippen LogP contribution in [0.3, 0.4) is 0 Å². The molecule has 0 aromatic heterocycles. The maximum absolute atomic E-state index is 11.6. The van der Waals surface area contributed by atoms with E-state index in [0.717, 1.165) is 0 Å². The molecule has 0 rings (SSSR count). The Balaban J connectivity index is 5.13. The van der Waals surface area contributed by atoms with E-state index in [2.05, 4.69) is 41.5 Å². The molecule has 1 N–H and O–H groups in total. The number of carbonyl (C=O) groups is 1. The van der Waals surface area contributed by atoms with Gasteiger partial charge in [0.05, 0.1) is 12.7 Å². The molecule has 0 aliphatic rings. The Kier molecular flexibility index (Phi) is 7.99. The van der Waals surface area contributed by atoms with E-state index >= 15 is 0 Å². The minimum Gasteiger partial charge on any atom is -0.464 e. The predicted octanol–water partition coefficient (Wildman–Crippen LogP) is 3.49. The molecule has 0 bridgehead atoms. The summed E-state index contributed by atoms with van der Waals surface area (Å²) in [4.78, 5) is 11.6. The Bertz CT molecular complexity index is 280. The van der Waals surface area contributed by atoms with Crippen LogP contribution >= 0.6 is 0 Å². The number of esters is 1. The lowest BCUT2D eigenvalue weighted by molar-refractivity contribution is -0.157. The molecule has 120 valence electrons. The summed E-state index contributed by atoms with van der Waals surface area (Å²) in [6.45, 7) is 16.8. The van der Waals surface area contributed by atoms with Crippen LogP contribution in [0.4, 0.5) is 0 Å². The van der Waals surface area contributed by atoms with Gasteiger partial charge in [0.1, 0.15) is 0 Å². The number of aliphatic hydroxyl groups is 1. The molecule has 0 heterocycles. The topological polar surface area (TPSA) is 55.8 Å². The quantitative estimate of drug-likeness (QED) is 0.551. The van der Waals surface area contributed by atoms with Crippen LogP contribution in [0.25, 0.3) is 0 Å². The highest BCUT2D eigenvalue weighted by atomic mass is 28.4. The van der Waals surface area contributed by atoms with E-state index in [1.54, 1.807) is 13.8 Å². The lowest BCUT2D eigenvalue weighted by atomic mass is 10.2. The van der Waals surface area contributed by atoms with E-state index in [9.17, 15) is 9.90 Å². The number of hydrogen-bond donors (Lipinski definition) is 1. The van der Waals surface area contributed by atoms with Crippen LogP contribution in [-0.2, 0) is 14.0 Å². The fourth-order valence-electron chi connectivity index (χ4n) is 3.21. The fraction of sp³-hybridized carbons (Fsp3) is 0.933. The van der Waals surface area contributed by atoms with Crippen molar-refractivity contribution in [1.82, 2.24) is 0 Å². The highest BCUT2D eigenvalue weighted by Crippen LogP contribution is 2.43. The summed E-state index contributed by atoms with van der Waals surface area (Å²) in [6, 6.07) is 0. The molecule has 20 heavy (non-hydrogen) atoms. The van der Waals surface area contributed by atoms with Crippen molar-refractivity contribution in [3.63, 3.8) is 0 Å². The maximum atomic E-state index is 11.6. The highest BCUT2D eigenvalue weighted by molar-refractivity contribution is 6.77. The Morgan fingerprint density at radius 1 is 1.00 bits per heavy atom. The first-order chi connectivity index (χ1) is 9.11. The number of rotatable bonds is 8. The van der Waals surface area contributed by atoms with Gasteiger partial charge in [-0.1, -0.05) is 41.5 Å². The first-order valence-electron chi connectivity index (χ1n) is 7.63. The van der Waals surface area contributed by atoms with Gasteiger partial charge in [0.25, 0.3) is 0 Å². The Morgan fingerprint density at radius 3 is 1.70 bits per heavy atom. The fourth-order valence-corrected chi connectivity index (χ4v) is 8.80. The molecule has 0 amide bonds. The number of hydrogen-bond acceptors (Lipinski definition) is 4. The lowest BCUT2D eigenvalue weighted by Gasteiger charge is -2.44. The standard InChI is InChI=1S/C15H32O4Si/c1-9-18-15(17)14(16)13(8)19-20(10(2)3,11(4)5)12(6)7/h10-14,16H,9H2,1-8H3/t13-,14+/m1/s1. The summed E-state index contributed by atoms with van der Waals surface area (Å²) in [5.41, 5.74) is 1.25. The van der Waals surface area contributed by atoms with E-state index in [1.807, 2.05) is 0 Å². The molecule has 0 aliphatic carbocycles. The molecule has 0 saturated carbocycles. The lowest BCUT2D eigenvalue weighted by Crippen LogP contribution is -2.52. The predicted molar refractivity (Wildman–Crippen MR) is 84.2 cm³/mol. The molecule has 0 aliphatic heterocycles. The first kappa shape index (κ1) is 19.6. The smallest absolute Gasteiger partial charge is 0.337 e. The van der Waals surface area contributed by atoms with Gasteiger partial charge in [-0.25, -0.2) is 4.79 Å². The summed E-state index contributed by atoms with van der Waals surface area (Å²) in [5, 5.41) is 10.0. The molecular formula is C15H32O4Si. The van der Waals surface area contributed by atoms with Gasteiger partial charge >= 0.3 is 5.97 Å². The monoisotopic (exact) mass is 304 g/mol. The molecule has 0 aromatic carbocycles. The average molecular weight is 305 g/mol. The summed E-state index contributed by atoms with van der Waals surface area (Å²) >= 11 is 0. The van der Waals surface area contributed by atoms with Gasteiger partial charge in [0.15, 0.2) is 6.10 Å². The van der Waals surface area contributed by atoms with Crippen molar-refractivity contribution in [2.75, 3.05) is 6.61 Å². The van der Waals surface area contributed by atoms with Crippen molar-refractivity contribution in [2.24, 2.45) is 0 Å². The Labute approximate surface area is 125 Å². The van der Waals surface area contributed by atoms with Crippen molar-refractivity contribution < 1.29 is 19.1 Å². The number of ether oxygens (including phenoxy) is 1. The second-order valence-corrected chi connectivity index (χ2v) is 11.7.